The van der Waals surface area contributed by atoms with Crippen molar-refractivity contribution in [3.8, 4) is 0 Å². The molecule has 1 amide bonds. The van der Waals surface area contributed by atoms with Crippen molar-refractivity contribution in [3.63, 3.8) is 0 Å². The van der Waals surface area contributed by atoms with Crippen LogP contribution in [0.25, 0.3) is 11.0 Å². The van der Waals surface area contributed by atoms with Gasteiger partial charge in [0.05, 0.1) is 23.8 Å². The number of para-hydroxylation sites is 2. The molecule has 0 fully saturated rings. The van der Waals surface area contributed by atoms with Gasteiger partial charge in [-0.25, -0.2) is 13.4 Å². The molecule has 7 nitrogen and oxygen atoms in total. The molecule has 2 heterocycles. The van der Waals surface area contributed by atoms with E-state index in [9.17, 15) is 26.4 Å². The highest BCUT2D eigenvalue weighted by Crippen LogP contribution is 2.22. The van der Waals surface area contributed by atoms with Crippen molar-refractivity contribution in [1.82, 2.24) is 14.5 Å². The summed E-state index contributed by atoms with van der Waals surface area (Å²) >= 11 is 0. The van der Waals surface area contributed by atoms with Crippen molar-refractivity contribution in [1.29, 1.82) is 0 Å². The van der Waals surface area contributed by atoms with Gasteiger partial charge in [-0.05, 0) is 24.3 Å². The SMILES string of the molecule is CS(=O)(=O)c1nc2ccccc2n1CC(=O)N(Cc1ccco1)CC(F)(F)F. The van der Waals surface area contributed by atoms with E-state index in [-0.39, 0.29) is 10.9 Å². The molecule has 11 heteroatoms. The summed E-state index contributed by atoms with van der Waals surface area (Å²) in [5.41, 5.74) is 0.658. The number of fused-ring (bicyclic) bond motifs is 1. The fourth-order valence-electron chi connectivity index (χ4n) is 2.76. The summed E-state index contributed by atoms with van der Waals surface area (Å²) in [6.45, 7) is -2.50. The van der Waals surface area contributed by atoms with Crippen molar-refractivity contribution in [2.45, 2.75) is 24.4 Å². The second-order valence-electron chi connectivity index (χ2n) is 6.19. The lowest BCUT2D eigenvalue weighted by molar-refractivity contribution is -0.163. The predicted octanol–water partition coefficient (Wildman–Crippen LogP) is 2.62. The number of hydrogen-bond acceptors (Lipinski definition) is 5. The van der Waals surface area contributed by atoms with Gasteiger partial charge in [0.2, 0.25) is 20.9 Å². The van der Waals surface area contributed by atoms with Crippen molar-refractivity contribution in [3.05, 3.63) is 48.4 Å². The summed E-state index contributed by atoms with van der Waals surface area (Å²) in [6, 6.07) is 9.31. The molecule has 0 N–H and O–H groups in total. The molecule has 0 saturated heterocycles. The van der Waals surface area contributed by atoms with Crippen LogP contribution in [0.3, 0.4) is 0 Å². The molecule has 0 bridgehead atoms. The Hall–Kier alpha value is -2.82. The predicted molar refractivity (Wildman–Crippen MR) is 93.0 cm³/mol. The minimum atomic E-state index is -4.63. The number of carbonyl (C=O) groups is 1. The van der Waals surface area contributed by atoms with Gasteiger partial charge in [-0.3, -0.25) is 4.79 Å². The summed E-state index contributed by atoms with van der Waals surface area (Å²) in [5.74, 6) is -0.738. The molecule has 0 aliphatic rings. The highest BCUT2D eigenvalue weighted by atomic mass is 32.2. The molecule has 150 valence electrons. The minimum Gasteiger partial charge on any atom is -0.467 e. The van der Waals surface area contributed by atoms with Gasteiger partial charge in [-0.1, -0.05) is 12.1 Å². The fraction of sp³-hybridized carbons (Fsp3) is 0.294. The number of benzene rings is 1. The van der Waals surface area contributed by atoms with Crippen LogP contribution in [0.5, 0.6) is 0 Å². The maximum absolute atomic E-state index is 13.0. The van der Waals surface area contributed by atoms with Crippen molar-refractivity contribution >= 4 is 26.8 Å². The molecular formula is C17H16F3N3O4S. The quantitative estimate of drug-likeness (QED) is 0.618. The highest BCUT2D eigenvalue weighted by molar-refractivity contribution is 7.90. The van der Waals surface area contributed by atoms with Gasteiger partial charge >= 0.3 is 6.18 Å². The minimum absolute atomic E-state index is 0.177. The number of sulfone groups is 1. The van der Waals surface area contributed by atoms with Crippen LogP contribution in [0.2, 0.25) is 0 Å². The molecule has 28 heavy (non-hydrogen) atoms. The molecule has 0 aliphatic heterocycles. The van der Waals surface area contributed by atoms with Gasteiger partial charge in [0.15, 0.2) is 0 Å². The zero-order chi connectivity index (χ0) is 20.5. The first-order valence-electron chi connectivity index (χ1n) is 8.07. The highest BCUT2D eigenvalue weighted by Gasteiger charge is 2.34. The lowest BCUT2D eigenvalue weighted by Crippen LogP contribution is -2.40. The van der Waals surface area contributed by atoms with Crippen molar-refractivity contribution in [2.24, 2.45) is 0 Å². The zero-order valence-corrected chi connectivity index (χ0v) is 15.5. The van der Waals surface area contributed by atoms with Crippen molar-refractivity contribution in [2.75, 3.05) is 12.8 Å². The Morgan fingerprint density at radius 2 is 1.93 bits per heavy atom. The standard InChI is InChI=1S/C17H16F3N3O4S/c1-28(25,26)16-21-13-6-2-3-7-14(13)23(16)10-15(24)22(11-17(18,19)20)9-12-5-4-8-27-12/h2-8H,9-11H2,1H3. The average Bonchev–Trinajstić information content (AvgIpc) is 3.21. The Labute approximate surface area is 158 Å². The van der Waals surface area contributed by atoms with Gasteiger partial charge in [0.25, 0.3) is 0 Å². The van der Waals surface area contributed by atoms with E-state index in [1.165, 1.54) is 18.4 Å². The summed E-state index contributed by atoms with van der Waals surface area (Å²) in [4.78, 5) is 17.3. The lowest BCUT2D eigenvalue weighted by atomic mass is 10.3. The lowest BCUT2D eigenvalue weighted by Gasteiger charge is -2.23. The van der Waals surface area contributed by atoms with Crippen molar-refractivity contribution < 1.29 is 30.8 Å². The Morgan fingerprint density at radius 3 is 2.54 bits per heavy atom. The van der Waals surface area contributed by atoms with Crippen LogP contribution in [0, 0.1) is 0 Å². The van der Waals surface area contributed by atoms with E-state index in [2.05, 4.69) is 4.98 Å². The van der Waals surface area contributed by atoms with Crippen LogP contribution in [-0.4, -0.2) is 47.8 Å². The monoisotopic (exact) mass is 415 g/mol. The third-order valence-electron chi connectivity index (χ3n) is 3.89. The van der Waals surface area contributed by atoms with Crippen LogP contribution < -0.4 is 0 Å². The number of hydrogen-bond donors (Lipinski definition) is 0. The number of furan rings is 1. The summed E-state index contributed by atoms with van der Waals surface area (Å²) in [7, 11) is -3.81. The number of amides is 1. The fourth-order valence-corrected chi connectivity index (χ4v) is 3.59. The molecule has 2 aromatic heterocycles. The van der Waals surface area contributed by atoms with Crippen LogP contribution in [-0.2, 0) is 27.7 Å². The summed E-state index contributed by atoms with van der Waals surface area (Å²) in [5, 5.41) is -0.382. The van der Waals surface area contributed by atoms with E-state index >= 15 is 0 Å². The van der Waals surface area contributed by atoms with E-state index in [1.54, 1.807) is 24.3 Å². The van der Waals surface area contributed by atoms with Crippen LogP contribution in [0.15, 0.2) is 52.2 Å². The van der Waals surface area contributed by atoms with Gasteiger partial charge in [0.1, 0.15) is 18.8 Å². The Kier molecular flexibility index (Phi) is 5.20. The number of alkyl halides is 3. The van der Waals surface area contributed by atoms with E-state index in [4.69, 9.17) is 4.42 Å². The Balaban J connectivity index is 1.97. The molecule has 0 spiro atoms. The second-order valence-corrected chi connectivity index (χ2v) is 8.10. The van der Waals surface area contributed by atoms with Gasteiger partial charge in [-0.2, -0.15) is 13.2 Å². The second kappa shape index (κ2) is 7.30. The van der Waals surface area contributed by atoms with Gasteiger partial charge in [0, 0.05) is 6.26 Å². The van der Waals surface area contributed by atoms with E-state index < -0.39 is 41.6 Å². The number of carbonyl (C=O) groups excluding carboxylic acids is 1. The number of nitrogens with zero attached hydrogens (tertiary/aromatic N) is 3. The molecule has 0 radical (unpaired) electrons. The van der Waals surface area contributed by atoms with Crippen LogP contribution >= 0.6 is 0 Å². The number of rotatable bonds is 6. The maximum Gasteiger partial charge on any atom is 0.406 e. The van der Waals surface area contributed by atoms with E-state index in [0.29, 0.717) is 15.9 Å². The first-order valence-corrected chi connectivity index (χ1v) is 9.96. The third-order valence-corrected chi connectivity index (χ3v) is 4.87. The summed E-state index contributed by atoms with van der Waals surface area (Å²) < 4.78 is 69.1. The Bertz CT molecular complexity index is 1090. The Morgan fingerprint density at radius 1 is 1.21 bits per heavy atom. The maximum atomic E-state index is 13.0. The van der Waals surface area contributed by atoms with Gasteiger partial charge in [-0.15, -0.1) is 0 Å². The molecular weight excluding hydrogens is 399 g/mol. The molecule has 0 atom stereocenters. The molecule has 3 aromatic rings. The first kappa shape index (κ1) is 19.9. The van der Waals surface area contributed by atoms with Crippen LogP contribution in [0.1, 0.15) is 5.76 Å². The largest absolute Gasteiger partial charge is 0.467 e. The molecule has 0 unspecified atom stereocenters. The molecule has 1 aromatic carbocycles. The molecule has 0 saturated carbocycles. The third kappa shape index (κ3) is 4.53. The topological polar surface area (TPSA) is 85.4 Å². The first-order chi connectivity index (χ1) is 13.0. The van der Waals surface area contributed by atoms with Crippen LogP contribution in [0.4, 0.5) is 13.2 Å². The number of aromatic nitrogens is 2. The van der Waals surface area contributed by atoms with E-state index in [0.717, 1.165) is 10.8 Å². The normalized spacial score (nSPS) is 12.4. The molecule has 3 rings (SSSR count). The summed E-state index contributed by atoms with van der Waals surface area (Å²) in [6.07, 6.45) is -2.42. The average molecular weight is 415 g/mol. The number of imidazole rings is 1. The molecule has 0 aliphatic carbocycles. The smallest absolute Gasteiger partial charge is 0.406 e. The van der Waals surface area contributed by atoms with Gasteiger partial charge < -0.3 is 13.9 Å². The van der Waals surface area contributed by atoms with E-state index in [1.807, 2.05) is 0 Å². The zero-order valence-electron chi connectivity index (χ0n) is 14.7. The number of halogens is 3.